The Morgan fingerprint density at radius 3 is 2.29 bits per heavy atom. The summed E-state index contributed by atoms with van der Waals surface area (Å²) < 4.78 is 62.3. The number of alkyl halides is 2. The van der Waals surface area contributed by atoms with Crippen LogP contribution >= 0.6 is 31.9 Å². The lowest BCUT2D eigenvalue weighted by molar-refractivity contribution is 0.103. The quantitative estimate of drug-likeness (QED) is 0.368. The maximum absolute atomic E-state index is 12.5. The van der Waals surface area contributed by atoms with Crippen molar-refractivity contribution in [3.8, 4) is 0 Å². The summed E-state index contributed by atoms with van der Waals surface area (Å²) in [5.41, 5.74) is -0.119. The first-order valence-electron chi connectivity index (χ1n) is 6.20. The highest BCUT2D eigenvalue weighted by atomic mass is 79.9. The van der Waals surface area contributed by atoms with Gasteiger partial charge in [-0.05, 0) is 12.1 Å². The van der Waals surface area contributed by atoms with Crippen LogP contribution in [0.15, 0.2) is 53.0 Å². The van der Waals surface area contributed by atoms with Gasteiger partial charge in [0.25, 0.3) is 20.2 Å². The van der Waals surface area contributed by atoms with Crippen LogP contribution in [0.2, 0.25) is 0 Å². The molecule has 2 rings (SSSR count). The van der Waals surface area contributed by atoms with E-state index in [0.717, 1.165) is 18.2 Å². The normalized spacial score (nSPS) is 20.5. The van der Waals surface area contributed by atoms with E-state index in [2.05, 4.69) is 31.9 Å². The minimum atomic E-state index is -4.52. The predicted molar refractivity (Wildman–Crippen MR) is 93.7 cm³/mol. The van der Waals surface area contributed by atoms with Crippen molar-refractivity contribution in [2.24, 2.45) is 0 Å². The van der Waals surface area contributed by atoms with E-state index in [1.54, 1.807) is 0 Å². The number of Topliss-reactive ketones (excluding diaryl/α,β-unsaturated/α-hetero) is 1. The van der Waals surface area contributed by atoms with Gasteiger partial charge in [0.2, 0.25) is 0 Å². The van der Waals surface area contributed by atoms with E-state index < -0.39 is 39.4 Å². The second-order valence-electron chi connectivity index (χ2n) is 4.90. The Balaban J connectivity index is 2.48. The van der Waals surface area contributed by atoms with Crippen molar-refractivity contribution >= 4 is 57.9 Å². The second-order valence-corrected chi connectivity index (χ2v) is 11.5. The van der Waals surface area contributed by atoms with Crippen molar-refractivity contribution in [1.29, 1.82) is 0 Å². The summed E-state index contributed by atoms with van der Waals surface area (Å²) in [7, 11) is -9.01. The zero-order chi connectivity index (χ0) is 18.3. The third-order valence-corrected chi connectivity index (χ3v) is 7.29. The van der Waals surface area contributed by atoms with Crippen LogP contribution in [0.1, 0.15) is 10.4 Å². The van der Waals surface area contributed by atoms with Crippen molar-refractivity contribution < 1.29 is 30.7 Å². The summed E-state index contributed by atoms with van der Waals surface area (Å²) in [6.45, 7) is 0. The first-order valence-corrected chi connectivity index (χ1v) is 10.7. The lowest BCUT2D eigenvalue weighted by Gasteiger charge is -2.26. The van der Waals surface area contributed by atoms with Gasteiger partial charge in [0.05, 0.1) is 4.90 Å². The molecule has 0 aliphatic heterocycles. The van der Waals surface area contributed by atoms with Gasteiger partial charge in [-0.2, -0.15) is 16.8 Å². The number of hydrogen-bond donors (Lipinski definition) is 2. The summed E-state index contributed by atoms with van der Waals surface area (Å²) in [4.78, 5) is 12.0. The number of carbonyl (C=O) groups excluding carboxylic acids is 1. The zero-order valence-corrected chi connectivity index (χ0v) is 16.4. The van der Waals surface area contributed by atoms with E-state index in [-0.39, 0.29) is 11.1 Å². The Morgan fingerprint density at radius 2 is 1.75 bits per heavy atom. The Labute approximate surface area is 155 Å². The van der Waals surface area contributed by atoms with Crippen molar-refractivity contribution in [2.45, 2.75) is 13.4 Å². The lowest BCUT2D eigenvalue weighted by atomic mass is 9.98. The zero-order valence-electron chi connectivity index (χ0n) is 11.6. The van der Waals surface area contributed by atoms with Gasteiger partial charge in [-0.15, -0.1) is 0 Å². The molecule has 0 radical (unpaired) electrons. The summed E-state index contributed by atoms with van der Waals surface area (Å²) >= 11 is 6.18. The molecule has 11 heteroatoms. The van der Waals surface area contributed by atoms with Gasteiger partial charge in [0.1, 0.15) is 8.48 Å². The molecule has 0 bridgehead atoms. The van der Waals surface area contributed by atoms with Crippen LogP contribution in [-0.2, 0) is 20.2 Å². The third kappa shape index (κ3) is 4.21. The maximum atomic E-state index is 12.5. The molecular formula is C13H10Br2O7S2. The number of ketones is 1. The smallest absolute Gasteiger partial charge is 0.289 e. The number of rotatable bonds is 4. The summed E-state index contributed by atoms with van der Waals surface area (Å²) in [6, 6.07) is 4.67. The van der Waals surface area contributed by atoms with Crippen LogP contribution in [0, 0.1) is 0 Å². The Morgan fingerprint density at radius 1 is 1.12 bits per heavy atom. The van der Waals surface area contributed by atoms with Crippen LogP contribution in [0.25, 0.3) is 0 Å². The molecule has 130 valence electrons. The average Bonchev–Trinajstić information content (AvgIpc) is 2.44. The molecule has 0 spiro atoms. The van der Waals surface area contributed by atoms with Gasteiger partial charge >= 0.3 is 0 Å². The molecule has 1 aromatic carbocycles. The molecule has 0 heterocycles. The van der Waals surface area contributed by atoms with Gasteiger partial charge in [0.15, 0.2) is 5.78 Å². The molecule has 7 nitrogen and oxygen atoms in total. The summed E-state index contributed by atoms with van der Waals surface area (Å²) in [6.07, 6.45) is 3.69. The third-order valence-electron chi connectivity index (χ3n) is 3.17. The van der Waals surface area contributed by atoms with E-state index in [0.29, 0.717) is 0 Å². The Bertz CT molecular complexity index is 960. The summed E-state index contributed by atoms with van der Waals surface area (Å²) in [5.74, 6) is -0.666. The first kappa shape index (κ1) is 19.5. The molecule has 1 aliphatic carbocycles. The Hall–Kier alpha value is -0.850. The average molecular weight is 502 g/mol. The predicted octanol–water partition coefficient (Wildman–Crippen LogP) is 2.35. The highest BCUT2D eigenvalue weighted by molar-refractivity contribution is 9.25. The van der Waals surface area contributed by atoms with Crippen molar-refractivity contribution in [2.75, 3.05) is 0 Å². The van der Waals surface area contributed by atoms with Gasteiger partial charge in [-0.3, -0.25) is 13.9 Å². The molecule has 1 unspecified atom stereocenters. The second kappa shape index (κ2) is 6.46. The number of benzene rings is 1. The van der Waals surface area contributed by atoms with Crippen molar-refractivity contribution in [1.82, 2.24) is 0 Å². The van der Waals surface area contributed by atoms with E-state index in [1.165, 1.54) is 24.3 Å². The van der Waals surface area contributed by atoms with Crippen LogP contribution < -0.4 is 0 Å². The summed E-state index contributed by atoms with van der Waals surface area (Å²) in [5, 5.41) is -1.47. The van der Waals surface area contributed by atoms with E-state index in [9.17, 15) is 26.2 Å². The maximum Gasteiger partial charge on any atom is 0.294 e. The van der Waals surface area contributed by atoms with Crippen LogP contribution in [0.4, 0.5) is 0 Å². The molecule has 0 amide bonds. The van der Waals surface area contributed by atoms with Crippen molar-refractivity contribution in [3.05, 3.63) is 53.6 Å². The molecule has 1 aromatic rings. The molecule has 0 saturated heterocycles. The number of halogens is 2. The molecule has 0 aromatic heterocycles. The fourth-order valence-corrected chi connectivity index (χ4v) is 5.29. The van der Waals surface area contributed by atoms with E-state index in [4.69, 9.17) is 4.55 Å². The SMILES string of the molecule is O=C(C1=CC(S(=O)(=O)O)C(Br)(Br)C=C1)c1cccc(S(=O)(=O)O)c1. The van der Waals surface area contributed by atoms with Crippen LogP contribution in [0.3, 0.4) is 0 Å². The van der Waals surface area contributed by atoms with Gasteiger partial charge in [-0.25, -0.2) is 0 Å². The number of carbonyl (C=O) groups is 1. The Kier molecular flexibility index (Phi) is 5.25. The molecule has 2 N–H and O–H groups in total. The minimum Gasteiger partial charge on any atom is -0.289 e. The van der Waals surface area contributed by atoms with Gasteiger partial charge in [-0.1, -0.05) is 62.2 Å². The molecule has 24 heavy (non-hydrogen) atoms. The van der Waals surface area contributed by atoms with Gasteiger partial charge in [0, 0.05) is 11.1 Å². The topological polar surface area (TPSA) is 126 Å². The highest BCUT2D eigenvalue weighted by Crippen LogP contribution is 2.40. The molecule has 1 atom stereocenters. The highest BCUT2D eigenvalue weighted by Gasteiger charge is 2.41. The lowest BCUT2D eigenvalue weighted by Crippen LogP contribution is -2.36. The molecule has 1 aliphatic rings. The largest absolute Gasteiger partial charge is 0.294 e. The monoisotopic (exact) mass is 500 g/mol. The first-order chi connectivity index (χ1) is 10.8. The molecular weight excluding hydrogens is 492 g/mol. The molecule has 0 saturated carbocycles. The fourth-order valence-electron chi connectivity index (χ4n) is 2.03. The standard InChI is InChI=1S/C13H10Br2O7S2/c14-13(15)5-4-9(7-11(13)24(20,21)22)12(16)8-2-1-3-10(6-8)23(17,18)19/h1-7,11H,(H,17,18,19)(H,20,21,22). The van der Waals surface area contributed by atoms with E-state index >= 15 is 0 Å². The number of allylic oxidation sites excluding steroid dienone is 3. The van der Waals surface area contributed by atoms with Crippen molar-refractivity contribution in [3.63, 3.8) is 0 Å². The van der Waals surface area contributed by atoms with Gasteiger partial charge < -0.3 is 0 Å². The van der Waals surface area contributed by atoms with E-state index in [1.807, 2.05) is 0 Å². The molecule has 0 fully saturated rings. The van der Waals surface area contributed by atoms with Crippen LogP contribution in [-0.4, -0.2) is 40.2 Å². The number of hydrogen-bond acceptors (Lipinski definition) is 5. The fraction of sp³-hybridized carbons (Fsp3) is 0.154. The van der Waals surface area contributed by atoms with Crippen LogP contribution in [0.5, 0.6) is 0 Å². The minimum absolute atomic E-state index is 0.0559.